The Balaban J connectivity index is 2.47. The number of carbonyl (C=O) groups is 2. The summed E-state index contributed by atoms with van der Waals surface area (Å²) in [6.07, 6.45) is 4.36. The molecule has 0 heterocycles. The van der Waals surface area contributed by atoms with Crippen LogP contribution in [0.2, 0.25) is 0 Å². The number of carbonyl (C=O) groups excluding carboxylic acids is 1. The quantitative estimate of drug-likeness (QED) is 0.331. The average Bonchev–Trinajstić information content (AvgIpc) is 2.79. The fourth-order valence-corrected chi connectivity index (χ4v) is 4.17. The van der Waals surface area contributed by atoms with Crippen molar-refractivity contribution in [3.8, 4) is 0 Å². The zero-order valence-corrected chi connectivity index (χ0v) is 19.3. The Labute approximate surface area is 186 Å². The molecule has 5 nitrogen and oxygen atoms in total. The molecule has 1 unspecified atom stereocenters. The van der Waals surface area contributed by atoms with E-state index in [1.54, 1.807) is 12.1 Å². The van der Waals surface area contributed by atoms with Crippen LogP contribution in [0.25, 0.3) is 0 Å². The van der Waals surface area contributed by atoms with Crippen LogP contribution in [-0.2, 0) is 0 Å². The molecule has 0 saturated carbocycles. The first-order chi connectivity index (χ1) is 15.0. The van der Waals surface area contributed by atoms with Gasteiger partial charge >= 0.3 is 5.97 Å². The molecule has 0 aliphatic heterocycles. The van der Waals surface area contributed by atoms with Gasteiger partial charge in [0.05, 0.1) is 11.7 Å². The molecule has 0 saturated heterocycles. The van der Waals surface area contributed by atoms with Crippen LogP contribution >= 0.6 is 0 Å². The molecule has 1 N–H and O–H groups in total. The minimum absolute atomic E-state index is 0.0824. The van der Waals surface area contributed by atoms with Crippen molar-refractivity contribution in [3.05, 3.63) is 65.2 Å². The van der Waals surface area contributed by atoms with E-state index in [4.69, 9.17) is 5.11 Å². The highest BCUT2D eigenvalue weighted by Gasteiger charge is 2.26. The fourth-order valence-electron chi connectivity index (χ4n) is 4.17. The number of carboxylic acid groups (broad SMARTS) is 1. The number of benzene rings is 2. The van der Waals surface area contributed by atoms with Gasteiger partial charge in [-0.1, -0.05) is 52.0 Å². The molecule has 0 radical (unpaired) electrons. The van der Waals surface area contributed by atoms with E-state index < -0.39 is 5.97 Å². The van der Waals surface area contributed by atoms with Crippen LogP contribution in [0.1, 0.15) is 79.7 Å². The maximum Gasteiger partial charge on any atom is 0.335 e. The third-order valence-electron chi connectivity index (χ3n) is 5.48. The second-order valence-electron chi connectivity index (χ2n) is 7.85. The first kappa shape index (κ1) is 24.6. The first-order valence-electron chi connectivity index (χ1n) is 11.5. The van der Waals surface area contributed by atoms with Gasteiger partial charge in [-0.15, -0.1) is 0 Å². The molecule has 0 fully saturated rings. The number of aromatic carboxylic acids is 1. The fraction of sp³-hybridized carbons (Fsp3) is 0.462. The molecule has 0 aromatic heterocycles. The van der Waals surface area contributed by atoms with Gasteiger partial charge in [-0.3, -0.25) is 9.69 Å². The minimum atomic E-state index is -0.994. The van der Waals surface area contributed by atoms with Gasteiger partial charge in [0.2, 0.25) is 0 Å². The summed E-state index contributed by atoms with van der Waals surface area (Å²) in [7, 11) is 0. The van der Waals surface area contributed by atoms with Crippen molar-refractivity contribution in [3.63, 3.8) is 0 Å². The van der Waals surface area contributed by atoms with Crippen LogP contribution in [0.15, 0.2) is 48.5 Å². The molecule has 1 atom stereocenters. The van der Waals surface area contributed by atoms with E-state index in [1.807, 2.05) is 24.3 Å². The Bertz CT molecular complexity index is 842. The molecule has 0 aliphatic carbocycles. The highest BCUT2D eigenvalue weighted by atomic mass is 16.4. The highest BCUT2D eigenvalue weighted by Crippen LogP contribution is 2.28. The molecule has 0 amide bonds. The number of ketones is 1. The van der Waals surface area contributed by atoms with E-state index in [1.165, 1.54) is 12.1 Å². The third-order valence-corrected chi connectivity index (χ3v) is 5.48. The molecule has 2 aromatic rings. The van der Waals surface area contributed by atoms with Gasteiger partial charge in [0.25, 0.3) is 0 Å². The van der Waals surface area contributed by atoms with E-state index in [-0.39, 0.29) is 17.5 Å². The van der Waals surface area contributed by atoms with Crippen molar-refractivity contribution in [1.29, 1.82) is 0 Å². The van der Waals surface area contributed by atoms with Crippen LogP contribution in [0.4, 0.5) is 5.69 Å². The largest absolute Gasteiger partial charge is 0.478 e. The van der Waals surface area contributed by atoms with Gasteiger partial charge in [0, 0.05) is 23.4 Å². The van der Waals surface area contributed by atoms with Gasteiger partial charge in [-0.2, -0.15) is 0 Å². The van der Waals surface area contributed by atoms with Crippen LogP contribution < -0.4 is 4.90 Å². The SMILES string of the molecule is CCCN(CCC)C(CC)N(CCC)c1ccccc1C(=O)c1ccc(C(=O)O)cc1. The Morgan fingerprint density at radius 2 is 1.35 bits per heavy atom. The van der Waals surface area contributed by atoms with Crippen LogP contribution in [0.5, 0.6) is 0 Å². The molecule has 0 spiro atoms. The molecular formula is C26H36N2O3. The van der Waals surface area contributed by atoms with Crippen molar-refractivity contribution in [2.75, 3.05) is 24.5 Å². The molecular weight excluding hydrogens is 388 g/mol. The van der Waals surface area contributed by atoms with Crippen molar-refractivity contribution in [2.45, 2.75) is 59.5 Å². The molecule has 5 heteroatoms. The predicted molar refractivity (Wildman–Crippen MR) is 127 cm³/mol. The third kappa shape index (κ3) is 6.17. The second kappa shape index (κ2) is 12.3. The molecule has 2 aromatic carbocycles. The lowest BCUT2D eigenvalue weighted by Crippen LogP contribution is -2.49. The maximum atomic E-state index is 13.4. The predicted octanol–water partition coefficient (Wildman–Crippen LogP) is 5.69. The molecule has 31 heavy (non-hydrogen) atoms. The van der Waals surface area contributed by atoms with Crippen molar-refractivity contribution < 1.29 is 14.7 Å². The lowest BCUT2D eigenvalue weighted by Gasteiger charge is -2.41. The number of rotatable bonds is 13. The summed E-state index contributed by atoms with van der Waals surface area (Å²) in [4.78, 5) is 29.5. The summed E-state index contributed by atoms with van der Waals surface area (Å²) in [6.45, 7) is 11.7. The van der Waals surface area contributed by atoms with E-state index >= 15 is 0 Å². The van der Waals surface area contributed by atoms with Gasteiger partial charge in [-0.05, 0) is 63.0 Å². The van der Waals surface area contributed by atoms with E-state index in [0.717, 1.165) is 51.0 Å². The van der Waals surface area contributed by atoms with Gasteiger partial charge in [0.1, 0.15) is 0 Å². The topological polar surface area (TPSA) is 60.9 Å². The Morgan fingerprint density at radius 3 is 1.87 bits per heavy atom. The summed E-state index contributed by atoms with van der Waals surface area (Å²) in [5, 5.41) is 9.14. The number of anilines is 1. The Hall–Kier alpha value is -2.66. The number of nitrogens with zero attached hydrogens (tertiary/aromatic N) is 2. The van der Waals surface area contributed by atoms with Crippen molar-refractivity contribution >= 4 is 17.4 Å². The lowest BCUT2D eigenvalue weighted by atomic mass is 9.99. The van der Waals surface area contributed by atoms with E-state index in [0.29, 0.717) is 11.1 Å². The summed E-state index contributed by atoms with van der Waals surface area (Å²) in [5.41, 5.74) is 2.28. The number of carboxylic acids is 1. The molecule has 0 bridgehead atoms. The summed E-state index contributed by atoms with van der Waals surface area (Å²) >= 11 is 0. The maximum absolute atomic E-state index is 13.4. The van der Waals surface area contributed by atoms with E-state index in [9.17, 15) is 9.59 Å². The normalized spacial score (nSPS) is 12.0. The smallest absolute Gasteiger partial charge is 0.335 e. The zero-order valence-electron chi connectivity index (χ0n) is 19.3. The summed E-state index contributed by atoms with van der Waals surface area (Å²) < 4.78 is 0. The molecule has 0 aliphatic rings. The van der Waals surface area contributed by atoms with Crippen LogP contribution in [0.3, 0.4) is 0 Å². The van der Waals surface area contributed by atoms with Gasteiger partial charge < -0.3 is 10.0 Å². The van der Waals surface area contributed by atoms with E-state index in [2.05, 4.69) is 37.5 Å². The number of hydrogen-bond acceptors (Lipinski definition) is 4. The number of para-hydroxylation sites is 1. The Kier molecular flexibility index (Phi) is 9.73. The summed E-state index contributed by atoms with van der Waals surface area (Å²) in [5.74, 6) is -1.08. The van der Waals surface area contributed by atoms with Crippen molar-refractivity contribution in [1.82, 2.24) is 4.90 Å². The van der Waals surface area contributed by atoms with Gasteiger partial charge in [-0.25, -0.2) is 4.79 Å². The van der Waals surface area contributed by atoms with Gasteiger partial charge in [0.15, 0.2) is 5.78 Å². The van der Waals surface area contributed by atoms with Crippen molar-refractivity contribution in [2.24, 2.45) is 0 Å². The monoisotopic (exact) mass is 424 g/mol. The molecule has 2 rings (SSSR count). The van der Waals surface area contributed by atoms with Crippen LogP contribution in [-0.4, -0.2) is 47.6 Å². The average molecular weight is 425 g/mol. The van der Waals surface area contributed by atoms with Crippen LogP contribution in [0, 0.1) is 0 Å². The second-order valence-corrected chi connectivity index (χ2v) is 7.85. The minimum Gasteiger partial charge on any atom is -0.478 e. The highest BCUT2D eigenvalue weighted by molar-refractivity contribution is 6.12. The lowest BCUT2D eigenvalue weighted by molar-refractivity contribution is 0.0696. The standard InChI is InChI=1S/C26H36N2O3/c1-5-17-27(18-6-2)24(8-4)28(19-7-3)23-12-10-9-11-22(23)25(29)20-13-15-21(16-14-20)26(30)31/h9-16,24H,5-8,17-19H2,1-4H3,(H,30,31). The zero-order chi connectivity index (χ0) is 22.8. The Morgan fingerprint density at radius 1 is 0.806 bits per heavy atom. The number of hydrogen-bond donors (Lipinski definition) is 1. The first-order valence-corrected chi connectivity index (χ1v) is 11.5. The summed E-state index contributed by atoms with van der Waals surface area (Å²) in [6, 6.07) is 14.0. The molecule has 168 valence electrons.